The van der Waals surface area contributed by atoms with Gasteiger partial charge in [-0.25, -0.2) is 0 Å². The Morgan fingerprint density at radius 3 is 2.74 bits per heavy atom. The molecular formula is C13H17N5O. The minimum atomic E-state index is 0.0113. The molecule has 2 aromatic heterocycles. The van der Waals surface area contributed by atoms with Crippen molar-refractivity contribution in [2.45, 2.75) is 13.0 Å². The van der Waals surface area contributed by atoms with E-state index >= 15 is 0 Å². The molecule has 2 rings (SSSR count). The molecular weight excluding hydrogens is 242 g/mol. The molecule has 0 aromatic carbocycles. The summed E-state index contributed by atoms with van der Waals surface area (Å²) in [5, 5.41) is 3.99. The van der Waals surface area contributed by atoms with E-state index in [1.807, 2.05) is 12.1 Å². The Morgan fingerprint density at radius 2 is 2.11 bits per heavy atom. The fraction of sp³-hybridized carbons (Fsp3) is 0.308. The van der Waals surface area contributed by atoms with Crippen molar-refractivity contribution in [1.82, 2.24) is 19.7 Å². The zero-order chi connectivity index (χ0) is 13.7. The zero-order valence-electron chi connectivity index (χ0n) is 10.9. The SMILES string of the molecule is CN(CCc1ccncc1)C(=O)Cn1ccc(N)n1. The van der Waals surface area contributed by atoms with Crippen LogP contribution in [-0.2, 0) is 17.8 Å². The van der Waals surface area contributed by atoms with Crippen molar-refractivity contribution in [3.05, 3.63) is 42.4 Å². The molecule has 1 amide bonds. The average molecular weight is 259 g/mol. The Kier molecular flexibility index (Phi) is 4.12. The van der Waals surface area contributed by atoms with Gasteiger partial charge in [0.2, 0.25) is 5.91 Å². The lowest BCUT2D eigenvalue weighted by atomic mass is 10.2. The molecule has 6 nitrogen and oxygen atoms in total. The highest BCUT2D eigenvalue weighted by atomic mass is 16.2. The van der Waals surface area contributed by atoms with Gasteiger partial charge in [0.15, 0.2) is 0 Å². The van der Waals surface area contributed by atoms with Gasteiger partial charge in [-0.05, 0) is 30.2 Å². The van der Waals surface area contributed by atoms with Gasteiger partial charge >= 0.3 is 0 Å². The molecule has 0 saturated carbocycles. The second-order valence-electron chi connectivity index (χ2n) is 4.36. The van der Waals surface area contributed by atoms with E-state index in [2.05, 4.69) is 10.1 Å². The van der Waals surface area contributed by atoms with Gasteiger partial charge < -0.3 is 10.6 Å². The molecule has 0 atom stereocenters. The molecule has 6 heteroatoms. The first kappa shape index (κ1) is 13.1. The Balaban J connectivity index is 1.82. The average Bonchev–Trinajstić information content (AvgIpc) is 2.82. The van der Waals surface area contributed by atoms with Gasteiger partial charge in [0, 0.05) is 32.2 Å². The molecule has 0 saturated heterocycles. The topological polar surface area (TPSA) is 77.0 Å². The van der Waals surface area contributed by atoms with Crippen molar-refractivity contribution in [1.29, 1.82) is 0 Å². The van der Waals surface area contributed by atoms with Crippen LogP contribution in [0.25, 0.3) is 0 Å². The van der Waals surface area contributed by atoms with Gasteiger partial charge in [0.25, 0.3) is 0 Å². The summed E-state index contributed by atoms with van der Waals surface area (Å²) in [4.78, 5) is 17.6. The summed E-state index contributed by atoms with van der Waals surface area (Å²) < 4.78 is 1.54. The van der Waals surface area contributed by atoms with Crippen LogP contribution in [-0.4, -0.2) is 39.2 Å². The number of likely N-dealkylation sites (N-methyl/N-ethyl adjacent to an activating group) is 1. The van der Waals surface area contributed by atoms with E-state index in [1.54, 1.807) is 41.3 Å². The summed E-state index contributed by atoms with van der Waals surface area (Å²) in [7, 11) is 1.79. The third kappa shape index (κ3) is 3.80. The Hall–Kier alpha value is -2.37. The standard InChI is InChI=1S/C13H17N5O/c1-17(8-4-11-2-6-15-7-3-11)13(19)10-18-9-5-12(14)16-18/h2-3,5-7,9H,4,8,10H2,1H3,(H2,14,16). The van der Waals surface area contributed by atoms with Crippen LogP contribution in [0.3, 0.4) is 0 Å². The van der Waals surface area contributed by atoms with Gasteiger partial charge in [-0.15, -0.1) is 0 Å². The Bertz CT molecular complexity index is 537. The number of hydrogen-bond donors (Lipinski definition) is 1. The number of pyridine rings is 1. The van der Waals surface area contributed by atoms with E-state index in [0.717, 1.165) is 12.0 Å². The van der Waals surface area contributed by atoms with Crippen LogP contribution >= 0.6 is 0 Å². The fourth-order valence-electron chi connectivity index (χ4n) is 1.70. The normalized spacial score (nSPS) is 10.4. The van der Waals surface area contributed by atoms with Crippen molar-refractivity contribution in [2.24, 2.45) is 0 Å². The van der Waals surface area contributed by atoms with Crippen molar-refractivity contribution in [2.75, 3.05) is 19.3 Å². The summed E-state index contributed by atoms with van der Waals surface area (Å²) in [5.74, 6) is 0.435. The van der Waals surface area contributed by atoms with E-state index in [0.29, 0.717) is 12.4 Å². The quantitative estimate of drug-likeness (QED) is 0.851. The molecule has 0 aliphatic heterocycles. The maximum absolute atomic E-state index is 12.0. The van der Waals surface area contributed by atoms with E-state index in [1.165, 1.54) is 0 Å². The number of carbonyl (C=O) groups excluding carboxylic acids is 1. The van der Waals surface area contributed by atoms with Crippen LogP contribution in [0, 0.1) is 0 Å². The van der Waals surface area contributed by atoms with Crippen LogP contribution in [0.15, 0.2) is 36.8 Å². The highest BCUT2D eigenvalue weighted by Crippen LogP contribution is 2.01. The number of nitrogens with two attached hydrogens (primary N) is 1. The number of aromatic nitrogens is 3. The number of hydrogen-bond acceptors (Lipinski definition) is 4. The summed E-state index contributed by atoms with van der Waals surface area (Å²) >= 11 is 0. The van der Waals surface area contributed by atoms with Crippen molar-refractivity contribution in [3.8, 4) is 0 Å². The maximum Gasteiger partial charge on any atom is 0.244 e. The first-order valence-corrected chi connectivity index (χ1v) is 6.07. The molecule has 2 N–H and O–H groups in total. The van der Waals surface area contributed by atoms with Gasteiger partial charge in [-0.1, -0.05) is 0 Å². The highest BCUT2D eigenvalue weighted by molar-refractivity contribution is 5.75. The van der Waals surface area contributed by atoms with Crippen LogP contribution in [0.2, 0.25) is 0 Å². The zero-order valence-corrected chi connectivity index (χ0v) is 10.9. The monoisotopic (exact) mass is 259 g/mol. The molecule has 0 spiro atoms. The van der Waals surface area contributed by atoms with Gasteiger partial charge in [0.1, 0.15) is 12.4 Å². The predicted molar refractivity (Wildman–Crippen MR) is 72.2 cm³/mol. The molecule has 0 aliphatic rings. The smallest absolute Gasteiger partial charge is 0.244 e. The van der Waals surface area contributed by atoms with Crippen molar-refractivity contribution < 1.29 is 4.79 Å². The van der Waals surface area contributed by atoms with Crippen LogP contribution < -0.4 is 5.73 Å². The first-order valence-electron chi connectivity index (χ1n) is 6.07. The first-order chi connectivity index (χ1) is 9.15. The lowest BCUT2D eigenvalue weighted by Gasteiger charge is -2.17. The van der Waals surface area contributed by atoms with Gasteiger partial charge in [-0.3, -0.25) is 14.5 Å². The summed E-state index contributed by atoms with van der Waals surface area (Å²) in [6.45, 7) is 0.879. The van der Waals surface area contributed by atoms with Crippen LogP contribution in [0.1, 0.15) is 5.56 Å². The number of rotatable bonds is 5. The molecule has 19 heavy (non-hydrogen) atoms. The summed E-state index contributed by atoms with van der Waals surface area (Å²) in [6.07, 6.45) is 6.02. The third-order valence-corrected chi connectivity index (χ3v) is 2.87. The Labute approximate surface area is 111 Å². The third-order valence-electron chi connectivity index (χ3n) is 2.87. The van der Waals surface area contributed by atoms with E-state index in [4.69, 9.17) is 5.73 Å². The molecule has 0 radical (unpaired) electrons. The van der Waals surface area contributed by atoms with E-state index < -0.39 is 0 Å². The highest BCUT2D eigenvalue weighted by Gasteiger charge is 2.10. The molecule has 0 aliphatic carbocycles. The molecule has 2 heterocycles. The Morgan fingerprint density at radius 1 is 1.37 bits per heavy atom. The van der Waals surface area contributed by atoms with Crippen LogP contribution in [0.5, 0.6) is 0 Å². The predicted octanol–water partition coefficient (Wildman–Crippen LogP) is 0.561. The largest absolute Gasteiger partial charge is 0.382 e. The number of amides is 1. The maximum atomic E-state index is 12.0. The minimum Gasteiger partial charge on any atom is -0.382 e. The number of nitrogens with zero attached hydrogens (tertiary/aromatic N) is 4. The summed E-state index contributed by atoms with van der Waals surface area (Å²) in [5.41, 5.74) is 6.67. The fourth-order valence-corrected chi connectivity index (χ4v) is 1.70. The van der Waals surface area contributed by atoms with Gasteiger partial charge in [-0.2, -0.15) is 5.10 Å². The number of anilines is 1. The molecule has 100 valence electrons. The molecule has 0 bridgehead atoms. The van der Waals surface area contributed by atoms with E-state index in [-0.39, 0.29) is 12.5 Å². The van der Waals surface area contributed by atoms with Gasteiger partial charge in [0.05, 0.1) is 0 Å². The van der Waals surface area contributed by atoms with Crippen molar-refractivity contribution >= 4 is 11.7 Å². The second kappa shape index (κ2) is 5.99. The van der Waals surface area contributed by atoms with E-state index in [9.17, 15) is 4.79 Å². The number of carbonyl (C=O) groups is 1. The lowest BCUT2D eigenvalue weighted by Crippen LogP contribution is -2.32. The second-order valence-corrected chi connectivity index (χ2v) is 4.36. The lowest BCUT2D eigenvalue weighted by molar-refractivity contribution is -0.130. The molecule has 0 unspecified atom stereocenters. The summed E-state index contributed by atoms with van der Waals surface area (Å²) in [6, 6.07) is 5.57. The molecule has 0 fully saturated rings. The molecule has 2 aromatic rings. The number of nitrogen functional groups attached to an aromatic ring is 1. The van der Waals surface area contributed by atoms with Crippen LogP contribution in [0.4, 0.5) is 5.82 Å². The van der Waals surface area contributed by atoms with Crippen molar-refractivity contribution in [3.63, 3.8) is 0 Å². The minimum absolute atomic E-state index is 0.0113.